The highest BCUT2D eigenvalue weighted by molar-refractivity contribution is 5.80. The van der Waals surface area contributed by atoms with Gasteiger partial charge in [-0.25, -0.2) is 4.98 Å². The van der Waals surface area contributed by atoms with Crippen molar-refractivity contribution in [1.82, 2.24) is 20.1 Å². The number of anilines is 1. The summed E-state index contributed by atoms with van der Waals surface area (Å²) < 4.78 is 0. The van der Waals surface area contributed by atoms with Crippen LogP contribution in [0.4, 0.5) is 5.82 Å². The maximum atomic E-state index is 4.99. The van der Waals surface area contributed by atoms with Gasteiger partial charge in [0.05, 0.1) is 12.6 Å². The van der Waals surface area contributed by atoms with Crippen LogP contribution < -0.4 is 10.2 Å². The molecule has 28 heavy (non-hydrogen) atoms. The molecule has 0 aliphatic carbocycles. The molecule has 1 saturated heterocycles. The second-order valence-electron chi connectivity index (χ2n) is 7.25. The van der Waals surface area contributed by atoms with Crippen molar-refractivity contribution in [1.29, 1.82) is 0 Å². The summed E-state index contributed by atoms with van der Waals surface area (Å²) in [4.78, 5) is 16.4. The second-order valence-corrected chi connectivity index (χ2v) is 7.25. The quantitative estimate of drug-likeness (QED) is 0.616. The predicted molar refractivity (Wildman–Crippen MR) is 117 cm³/mol. The first-order valence-electron chi connectivity index (χ1n) is 10.1. The Kier molecular flexibility index (Phi) is 7.25. The van der Waals surface area contributed by atoms with Gasteiger partial charge in [0.15, 0.2) is 5.96 Å². The van der Waals surface area contributed by atoms with E-state index >= 15 is 0 Å². The molecule has 1 aliphatic rings. The van der Waals surface area contributed by atoms with Gasteiger partial charge in [0.1, 0.15) is 5.82 Å². The number of rotatable bonds is 6. The molecule has 0 saturated carbocycles. The topological polar surface area (TPSA) is 47.0 Å². The minimum atomic E-state index is 0.268. The zero-order chi connectivity index (χ0) is 19.8. The fourth-order valence-electron chi connectivity index (χ4n) is 3.53. The van der Waals surface area contributed by atoms with E-state index in [1.807, 2.05) is 18.3 Å². The van der Waals surface area contributed by atoms with Crippen LogP contribution in [0.2, 0.25) is 0 Å². The summed E-state index contributed by atoms with van der Waals surface area (Å²) in [6.45, 7) is 7.53. The summed E-state index contributed by atoms with van der Waals surface area (Å²) in [6, 6.07) is 17.0. The minimum Gasteiger partial charge on any atom is -0.357 e. The molecular weight excluding hydrogens is 348 g/mol. The minimum absolute atomic E-state index is 0.268. The first-order chi connectivity index (χ1) is 13.7. The normalized spacial score (nSPS) is 16.4. The molecule has 2 heterocycles. The van der Waals surface area contributed by atoms with Gasteiger partial charge >= 0.3 is 0 Å². The van der Waals surface area contributed by atoms with E-state index in [0.29, 0.717) is 0 Å². The molecule has 150 valence electrons. The Morgan fingerprint density at radius 1 is 1.07 bits per heavy atom. The summed E-state index contributed by atoms with van der Waals surface area (Å²) in [5, 5.41) is 3.48. The molecule has 1 aromatic heterocycles. The molecule has 1 aliphatic heterocycles. The third-order valence-electron chi connectivity index (χ3n) is 5.11. The number of aliphatic imine (C=N–C) groups is 1. The third-order valence-corrected chi connectivity index (χ3v) is 5.11. The molecule has 2 aromatic rings. The van der Waals surface area contributed by atoms with Gasteiger partial charge in [0.2, 0.25) is 0 Å². The van der Waals surface area contributed by atoms with Crippen LogP contribution in [-0.4, -0.2) is 74.1 Å². The number of hydrogen-bond donors (Lipinski definition) is 1. The number of benzene rings is 1. The van der Waals surface area contributed by atoms with Crippen molar-refractivity contribution >= 4 is 11.8 Å². The molecule has 1 atom stereocenters. The second kappa shape index (κ2) is 10.1. The summed E-state index contributed by atoms with van der Waals surface area (Å²) in [6.07, 6.45) is 1.86. The van der Waals surface area contributed by atoms with Gasteiger partial charge in [0.25, 0.3) is 0 Å². The molecule has 0 spiro atoms. The van der Waals surface area contributed by atoms with E-state index in [1.165, 1.54) is 5.56 Å². The Morgan fingerprint density at radius 3 is 2.39 bits per heavy atom. The zero-order valence-electron chi connectivity index (χ0n) is 17.3. The lowest BCUT2D eigenvalue weighted by Gasteiger charge is -2.37. The van der Waals surface area contributed by atoms with Gasteiger partial charge < -0.3 is 20.0 Å². The average molecular weight is 381 g/mol. The van der Waals surface area contributed by atoms with Gasteiger partial charge in [-0.15, -0.1) is 0 Å². The number of aromatic nitrogens is 1. The van der Waals surface area contributed by atoms with Crippen molar-refractivity contribution in [3.05, 3.63) is 60.3 Å². The molecule has 6 heteroatoms. The average Bonchev–Trinajstić information content (AvgIpc) is 2.74. The van der Waals surface area contributed by atoms with Crippen molar-refractivity contribution in [2.45, 2.75) is 13.0 Å². The molecule has 1 aromatic carbocycles. The van der Waals surface area contributed by atoms with Crippen LogP contribution in [-0.2, 0) is 0 Å². The first-order valence-corrected chi connectivity index (χ1v) is 10.1. The highest BCUT2D eigenvalue weighted by atomic mass is 15.4. The predicted octanol–water partition coefficient (Wildman–Crippen LogP) is 2.47. The summed E-state index contributed by atoms with van der Waals surface area (Å²) in [7, 11) is 4.23. The van der Waals surface area contributed by atoms with E-state index in [4.69, 9.17) is 4.99 Å². The van der Waals surface area contributed by atoms with Gasteiger partial charge in [-0.05, 0) is 38.7 Å². The number of pyridine rings is 1. The standard InChI is InChI=1S/C22H32N6/c1-4-23-22(25-18-20(26(2)3)19-10-6-5-7-11-19)28-16-14-27(15-17-28)21-12-8-9-13-24-21/h5-13,20H,4,14-18H2,1-3H3,(H,23,25). The molecular formula is C22H32N6. The number of hydrogen-bond acceptors (Lipinski definition) is 4. The monoisotopic (exact) mass is 380 g/mol. The number of piperazine rings is 1. The fraction of sp³-hybridized carbons (Fsp3) is 0.455. The van der Waals surface area contributed by atoms with Gasteiger partial charge in [-0.2, -0.15) is 0 Å². The summed E-state index contributed by atoms with van der Waals surface area (Å²) in [5.74, 6) is 2.06. The highest BCUT2D eigenvalue weighted by Crippen LogP contribution is 2.18. The highest BCUT2D eigenvalue weighted by Gasteiger charge is 2.21. The smallest absolute Gasteiger partial charge is 0.194 e. The molecule has 0 amide bonds. The maximum absolute atomic E-state index is 4.99. The van der Waals surface area contributed by atoms with Crippen molar-refractivity contribution in [3.63, 3.8) is 0 Å². The Bertz CT molecular complexity index is 723. The maximum Gasteiger partial charge on any atom is 0.194 e. The van der Waals surface area contributed by atoms with Gasteiger partial charge in [-0.3, -0.25) is 4.99 Å². The van der Waals surface area contributed by atoms with Crippen LogP contribution in [0.1, 0.15) is 18.5 Å². The zero-order valence-corrected chi connectivity index (χ0v) is 17.3. The van der Waals surface area contributed by atoms with Crippen LogP contribution in [0, 0.1) is 0 Å². The molecule has 1 N–H and O–H groups in total. The van der Waals surface area contributed by atoms with E-state index in [1.54, 1.807) is 0 Å². The van der Waals surface area contributed by atoms with Gasteiger partial charge in [-0.1, -0.05) is 36.4 Å². The molecule has 0 radical (unpaired) electrons. The van der Waals surface area contributed by atoms with Crippen LogP contribution in [0.15, 0.2) is 59.7 Å². The number of likely N-dealkylation sites (N-methyl/N-ethyl adjacent to an activating group) is 1. The molecule has 6 nitrogen and oxygen atoms in total. The third kappa shape index (κ3) is 5.23. The Labute approximate surface area is 168 Å². The SMILES string of the molecule is CCNC(=NCC(c1ccccc1)N(C)C)N1CCN(c2ccccn2)CC1. The Hall–Kier alpha value is -2.60. The largest absolute Gasteiger partial charge is 0.357 e. The fourth-order valence-corrected chi connectivity index (χ4v) is 3.53. The summed E-state index contributed by atoms with van der Waals surface area (Å²) in [5.41, 5.74) is 1.30. The van der Waals surface area contributed by atoms with Crippen molar-refractivity contribution in [3.8, 4) is 0 Å². The number of nitrogens with zero attached hydrogens (tertiary/aromatic N) is 5. The summed E-state index contributed by atoms with van der Waals surface area (Å²) >= 11 is 0. The van der Waals surface area contributed by atoms with Crippen molar-refractivity contribution in [2.24, 2.45) is 4.99 Å². The first kappa shape index (κ1) is 20.1. The van der Waals surface area contributed by atoms with Crippen molar-refractivity contribution in [2.75, 3.05) is 58.3 Å². The molecule has 1 unspecified atom stereocenters. The molecule has 0 bridgehead atoms. The van der Waals surface area contributed by atoms with E-state index < -0.39 is 0 Å². The molecule has 1 fully saturated rings. The van der Waals surface area contributed by atoms with Crippen LogP contribution in [0.3, 0.4) is 0 Å². The van der Waals surface area contributed by atoms with Crippen molar-refractivity contribution < 1.29 is 0 Å². The number of nitrogens with one attached hydrogen (secondary N) is 1. The lowest BCUT2D eigenvalue weighted by Crippen LogP contribution is -2.53. The Morgan fingerprint density at radius 2 is 1.79 bits per heavy atom. The van der Waals surface area contributed by atoms with Gasteiger partial charge in [0, 0.05) is 38.9 Å². The van der Waals surface area contributed by atoms with Crippen LogP contribution >= 0.6 is 0 Å². The van der Waals surface area contributed by atoms with Crippen LogP contribution in [0.25, 0.3) is 0 Å². The lowest BCUT2D eigenvalue weighted by molar-refractivity contribution is 0.303. The Balaban J connectivity index is 1.66. The number of guanidine groups is 1. The van der Waals surface area contributed by atoms with Crippen LogP contribution in [0.5, 0.6) is 0 Å². The lowest BCUT2D eigenvalue weighted by atomic mass is 10.1. The van der Waals surface area contributed by atoms with E-state index in [-0.39, 0.29) is 6.04 Å². The molecule has 3 rings (SSSR count). The van der Waals surface area contributed by atoms with E-state index in [2.05, 4.69) is 82.4 Å². The van der Waals surface area contributed by atoms with E-state index in [0.717, 1.165) is 51.0 Å². The van der Waals surface area contributed by atoms with E-state index in [9.17, 15) is 0 Å².